The average Bonchev–Trinajstić information content (AvgIpc) is 2.56. The Kier molecular flexibility index (Phi) is 18.5. The fourth-order valence-corrected chi connectivity index (χ4v) is 2.73. The van der Waals surface area contributed by atoms with Crippen molar-refractivity contribution in [2.75, 3.05) is 6.61 Å². The van der Waals surface area contributed by atoms with E-state index in [0.29, 0.717) is 6.61 Å². The van der Waals surface area contributed by atoms with Crippen molar-refractivity contribution in [1.82, 2.24) is 0 Å². The second-order valence-corrected chi connectivity index (χ2v) is 6.52. The molecule has 0 aliphatic heterocycles. The lowest BCUT2D eigenvalue weighted by Gasteiger charge is -2.04. The molecule has 0 unspecified atom stereocenters. The molecule has 0 atom stereocenters. The van der Waals surface area contributed by atoms with Gasteiger partial charge in [-0.15, -0.1) is 0 Å². The second kappa shape index (κ2) is 19.2. The first-order valence-corrected chi connectivity index (χ1v) is 9.90. The van der Waals surface area contributed by atoms with E-state index in [4.69, 9.17) is 4.74 Å². The zero-order valence-electron chi connectivity index (χ0n) is 15.3. The summed E-state index contributed by atoms with van der Waals surface area (Å²) in [7, 11) is 0. The molecule has 3 nitrogen and oxygen atoms in total. The molecule has 0 heterocycles. The highest BCUT2D eigenvalue weighted by molar-refractivity contribution is 5.72. The van der Waals surface area contributed by atoms with E-state index in [-0.39, 0.29) is 18.8 Å². The number of carbonyl (C=O) groups is 2. The summed E-state index contributed by atoms with van der Waals surface area (Å²) in [4.78, 5) is 21.3. The van der Waals surface area contributed by atoms with Gasteiger partial charge >= 0.3 is 5.97 Å². The summed E-state index contributed by atoms with van der Waals surface area (Å²) in [5.41, 5.74) is 0. The normalized spacial score (nSPS) is 10.7. The van der Waals surface area contributed by atoms with Gasteiger partial charge in [-0.3, -0.25) is 4.79 Å². The SMILES string of the molecule is CCCCCCCCCCCCCCCCOC(=O)CCC=O. The van der Waals surface area contributed by atoms with Gasteiger partial charge in [0.15, 0.2) is 0 Å². The molecule has 0 aromatic carbocycles. The van der Waals surface area contributed by atoms with Gasteiger partial charge in [0, 0.05) is 6.42 Å². The number of esters is 1. The van der Waals surface area contributed by atoms with Crippen molar-refractivity contribution in [1.29, 1.82) is 0 Å². The van der Waals surface area contributed by atoms with Crippen LogP contribution in [0.25, 0.3) is 0 Å². The molecule has 0 spiro atoms. The minimum absolute atomic E-state index is 0.224. The monoisotopic (exact) mass is 326 g/mol. The van der Waals surface area contributed by atoms with E-state index in [0.717, 1.165) is 19.1 Å². The number of ether oxygens (including phenoxy) is 1. The maximum Gasteiger partial charge on any atom is 0.306 e. The van der Waals surface area contributed by atoms with E-state index < -0.39 is 0 Å². The lowest BCUT2D eigenvalue weighted by atomic mass is 10.0. The Morgan fingerprint density at radius 2 is 1.17 bits per heavy atom. The largest absolute Gasteiger partial charge is 0.466 e. The van der Waals surface area contributed by atoms with Crippen molar-refractivity contribution in [3.63, 3.8) is 0 Å². The smallest absolute Gasteiger partial charge is 0.306 e. The third-order valence-electron chi connectivity index (χ3n) is 4.23. The molecule has 136 valence electrons. The van der Waals surface area contributed by atoms with Gasteiger partial charge in [-0.25, -0.2) is 0 Å². The molecule has 0 aromatic heterocycles. The summed E-state index contributed by atoms with van der Waals surface area (Å²) in [5.74, 6) is -0.244. The highest BCUT2D eigenvalue weighted by atomic mass is 16.5. The van der Waals surface area contributed by atoms with Crippen molar-refractivity contribution < 1.29 is 14.3 Å². The van der Waals surface area contributed by atoms with Crippen LogP contribution in [0.1, 0.15) is 110 Å². The molecule has 0 amide bonds. The number of hydrogen-bond acceptors (Lipinski definition) is 3. The molecule has 0 radical (unpaired) electrons. The predicted molar refractivity (Wildman–Crippen MR) is 96.6 cm³/mol. The van der Waals surface area contributed by atoms with Crippen molar-refractivity contribution in [3.8, 4) is 0 Å². The van der Waals surface area contributed by atoms with Crippen LogP contribution >= 0.6 is 0 Å². The van der Waals surface area contributed by atoms with Crippen LogP contribution in [0, 0.1) is 0 Å². The van der Waals surface area contributed by atoms with Crippen molar-refractivity contribution in [2.45, 2.75) is 110 Å². The molecule has 0 saturated heterocycles. The first kappa shape index (κ1) is 22.1. The lowest BCUT2D eigenvalue weighted by molar-refractivity contribution is -0.144. The Morgan fingerprint density at radius 1 is 0.739 bits per heavy atom. The average molecular weight is 327 g/mol. The molecule has 0 aromatic rings. The molecule has 0 bridgehead atoms. The van der Waals surface area contributed by atoms with Gasteiger partial charge in [0.2, 0.25) is 0 Å². The highest BCUT2D eigenvalue weighted by Crippen LogP contribution is 2.12. The Hall–Kier alpha value is -0.860. The van der Waals surface area contributed by atoms with Crippen molar-refractivity contribution in [2.24, 2.45) is 0 Å². The number of hydrogen-bond donors (Lipinski definition) is 0. The fraction of sp³-hybridized carbons (Fsp3) is 0.900. The van der Waals surface area contributed by atoms with Crippen LogP contribution < -0.4 is 0 Å². The van der Waals surface area contributed by atoms with E-state index in [9.17, 15) is 9.59 Å². The molecule has 0 aliphatic carbocycles. The van der Waals surface area contributed by atoms with Crippen LogP contribution in [-0.2, 0) is 14.3 Å². The molecule has 0 fully saturated rings. The lowest BCUT2D eigenvalue weighted by Crippen LogP contribution is -2.05. The number of rotatable bonds is 18. The number of aldehydes is 1. The summed E-state index contributed by atoms with van der Waals surface area (Å²) in [6, 6.07) is 0. The van der Waals surface area contributed by atoms with Gasteiger partial charge in [-0.1, -0.05) is 90.4 Å². The molecule has 0 N–H and O–H groups in total. The van der Waals surface area contributed by atoms with Gasteiger partial charge < -0.3 is 9.53 Å². The van der Waals surface area contributed by atoms with Crippen molar-refractivity contribution >= 4 is 12.3 Å². The van der Waals surface area contributed by atoms with Crippen LogP contribution in [0.5, 0.6) is 0 Å². The van der Waals surface area contributed by atoms with E-state index >= 15 is 0 Å². The second-order valence-electron chi connectivity index (χ2n) is 6.52. The molecule has 0 saturated carbocycles. The Labute approximate surface area is 143 Å². The first-order valence-electron chi connectivity index (χ1n) is 9.90. The molecule has 3 heteroatoms. The minimum Gasteiger partial charge on any atom is -0.466 e. The summed E-state index contributed by atoms with van der Waals surface area (Å²) in [5, 5.41) is 0. The third-order valence-corrected chi connectivity index (χ3v) is 4.23. The zero-order valence-corrected chi connectivity index (χ0v) is 15.3. The Balaban J connectivity index is 3.05. The van der Waals surface area contributed by atoms with E-state index in [1.54, 1.807) is 0 Å². The minimum atomic E-state index is -0.244. The zero-order chi connectivity index (χ0) is 17.0. The van der Waals surface area contributed by atoms with E-state index in [2.05, 4.69) is 6.92 Å². The van der Waals surface area contributed by atoms with Crippen LogP contribution in [0.15, 0.2) is 0 Å². The first-order chi connectivity index (χ1) is 11.3. The summed E-state index contributed by atoms with van der Waals surface area (Å²) in [6.07, 6.45) is 19.8. The molecular weight excluding hydrogens is 288 g/mol. The van der Waals surface area contributed by atoms with Crippen LogP contribution in [0.2, 0.25) is 0 Å². The van der Waals surface area contributed by atoms with E-state index in [1.807, 2.05) is 0 Å². The van der Waals surface area contributed by atoms with Crippen LogP contribution in [0.3, 0.4) is 0 Å². The van der Waals surface area contributed by atoms with Gasteiger partial charge in [0.05, 0.1) is 13.0 Å². The highest BCUT2D eigenvalue weighted by Gasteiger charge is 2.01. The van der Waals surface area contributed by atoms with Gasteiger partial charge in [0.1, 0.15) is 6.29 Å². The maximum atomic E-state index is 11.2. The number of carbonyl (C=O) groups excluding carboxylic acids is 2. The molecule has 23 heavy (non-hydrogen) atoms. The Bertz CT molecular complexity index is 264. The quantitative estimate of drug-likeness (QED) is 0.176. The van der Waals surface area contributed by atoms with E-state index in [1.165, 1.54) is 77.0 Å². The number of unbranched alkanes of at least 4 members (excludes halogenated alkanes) is 13. The maximum absolute atomic E-state index is 11.2. The van der Waals surface area contributed by atoms with Gasteiger partial charge in [-0.05, 0) is 6.42 Å². The fourth-order valence-electron chi connectivity index (χ4n) is 2.73. The van der Waals surface area contributed by atoms with Gasteiger partial charge in [0.25, 0.3) is 0 Å². The van der Waals surface area contributed by atoms with Crippen LogP contribution in [0.4, 0.5) is 0 Å². The topological polar surface area (TPSA) is 43.4 Å². The van der Waals surface area contributed by atoms with Gasteiger partial charge in [-0.2, -0.15) is 0 Å². The predicted octanol–water partition coefficient (Wildman–Crippen LogP) is 5.99. The van der Waals surface area contributed by atoms with Crippen LogP contribution in [-0.4, -0.2) is 18.9 Å². The van der Waals surface area contributed by atoms with Crippen molar-refractivity contribution in [3.05, 3.63) is 0 Å². The summed E-state index contributed by atoms with van der Waals surface area (Å²) >= 11 is 0. The summed E-state index contributed by atoms with van der Waals surface area (Å²) < 4.78 is 5.05. The third kappa shape index (κ3) is 19.1. The molecule has 0 rings (SSSR count). The molecular formula is C20H38O3. The molecule has 0 aliphatic rings. The Morgan fingerprint density at radius 3 is 1.61 bits per heavy atom. The summed E-state index contributed by atoms with van der Waals surface area (Å²) in [6.45, 7) is 2.78. The standard InChI is InChI=1S/C20H38O3/c1-2-3-4-5-6-7-8-9-10-11-12-13-14-15-19-23-20(22)17-16-18-21/h18H,2-17,19H2,1H3.